The molecule has 1 fully saturated rings. The van der Waals surface area contributed by atoms with Crippen LogP contribution in [0, 0.1) is 0 Å². The summed E-state index contributed by atoms with van der Waals surface area (Å²) in [5.74, 6) is 0. The van der Waals surface area contributed by atoms with Crippen molar-refractivity contribution in [3.63, 3.8) is 0 Å². The Morgan fingerprint density at radius 3 is 2.46 bits per heavy atom. The molecule has 1 saturated heterocycles. The van der Waals surface area contributed by atoms with Crippen LogP contribution in [0.4, 0.5) is 0 Å². The van der Waals surface area contributed by atoms with Crippen LogP contribution in [0.5, 0.6) is 0 Å². The predicted molar refractivity (Wildman–Crippen MR) is 98.9 cm³/mol. The SMILES string of the molecule is CCc1ccc(S(=O)(=O)NCC(c2ccsc2)N2CCCC2)cc1. The van der Waals surface area contributed by atoms with E-state index in [0.29, 0.717) is 11.4 Å². The second kappa shape index (κ2) is 7.78. The van der Waals surface area contributed by atoms with E-state index in [9.17, 15) is 8.42 Å². The fraction of sp³-hybridized carbons (Fsp3) is 0.444. The molecule has 0 aliphatic carbocycles. The van der Waals surface area contributed by atoms with Gasteiger partial charge in [0, 0.05) is 12.6 Å². The third kappa shape index (κ3) is 4.06. The standard InChI is InChI=1S/C18H24N2O2S2/c1-2-15-5-7-17(8-6-15)24(21,22)19-13-18(16-9-12-23-14-16)20-10-3-4-11-20/h5-9,12,14,18-19H,2-4,10-11,13H2,1H3. The maximum Gasteiger partial charge on any atom is 0.240 e. The fourth-order valence-corrected chi connectivity index (χ4v) is 4.90. The molecule has 1 aliphatic heterocycles. The zero-order chi connectivity index (χ0) is 17.0. The molecular formula is C18H24N2O2S2. The van der Waals surface area contributed by atoms with Gasteiger partial charge in [0.2, 0.25) is 10.0 Å². The first kappa shape index (κ1) is 17.6. The van der Waals surface area contributed by atoms with Crippen molar-refractivity contribution in [3.05, 3.63) is 52.2 Å². The summed E-state index contributed by atoms with van der Waals surface area (Å²) >= 11 is 1.66. The van der Waals surface area contributed by atoms with Crippen LogP contribution in [-0.2, 0) is 16.4 Å². The molecule has 0 saturated carbocycles. The molecule has 1 atom stereocenters. The Morgan fingerprint density at radius 1 is 1.17 bits per heavy atom. The highest BCUT2D eigenvalue weighted by Gasteiger charge is 2.25. The maximum absolute atomic E-state index is 12.6. The predicted octanol–water partition coefficient (Wildman–Crippen LogP) is 3.43. The van der Waals surface area contributed by atoms with E-state index in [2.05, 4.69) is 33.4 Å². The molecule has 4 nitrogen and oxygen atoms in total. The zero-order valence-corrected chi connectivity index (χ0v) is 15.6. The van der Waals surface area contributed by atoms with E-state index in [0.717, 1.165) is 25.1 Å². The molecule has 1 aromatic carbocycles. The van der Waals surface area contributed by atoms with Crippen molar-refractivity contribution < 1.29 is 8.42 Å². The van der Waals surface area contributed by atoms with Gasteiger partial charge in [-0.2, -0.15) is 11.3 Å². The molecule has 0 radical (unpaired) electrons. The van der Waals surface area contributed by atoms with Gasteiger partial charge in [-0.15, -0.1) is 0 Å². The lowest BCUT2D eigenvalue weighted by Gasteiger charge is -2.27. The quantitative estimate of drug-likeness (QED) is 0.819. The molecule has 130 valence electrons. The number of thiophene rings is 1. The lowest BCUT2D eigenvalue weighted by Crippen LogP contribution is -2.36. The summed E-state index contributed by atoms with van der Waals surface area (Å²) in [7, 11) is -3.47. The summed E-state index contributed by atoms with van der Waals surface area (Å²) in [5.41, 5.74) is 2.34. The first-order valence-corrected chi connectivity index (χ1v) is 10.9. The first-order chi connectivity index (χ1) is 11.6. The van der Waals surface area contributed by atoms with Crippen molar-refractivity contribution in [2.45, 2.75) is 37.1 Å². The van der Waals surface area contributed by atoms with Crippen LogP contribution in [0.15, 0.2) is 46.0 Å². The second-order valence-electron chi connectivity index (χ2n) is 6.16. The van der Waals surface area contributed by atoms with Gasteiger partial charge in [-0.25, -0.2) is 13.1 Å². The van der Waals surface area contributed by atoms with Crippen molar-refractivity contribution in [2.24, 2.45) is 0 Å². The average Bonchev–Trinajstić information content (AvgIpc) is 3.29. The van der Waals surface area contributed by atoms with Gasteiger partial charge in [0.1, 0.15) is 0 Å². The van der Waals surface area contributed by atoms with Crippen LogP contribution in [0.25, 0.3) is 0 Å². The van der Waals surface area contributed by atoms with Gasteiger partial charge in [-0.1, -0.05) is 19.1 Å². The van der Waals surface area contributed by atoms with Crippen molar-refractivity contribution in [2.75, 3.05) is 19.6 Å². The van der Waals surface area contributed by atoms with Crippen LogP contribution >= 0.6 is 11.3 Å². The van der Waals surface area contributed by atoms with Gasteiger partial charge in [0.05, 0.1) is 4.90 Å². The topological polar surface area (TPSA) is 49.4 Å². The van der Waals surface area contributed by atoms with Crippen molar-refractivity contribution in [1.29, 1.82) is 0 Å². The molecule has 1 unspecified atom stereocenters. The molecule has 2 heterocycles. The minimum Gasteiger partial charge on any atom is -0.295 e. The maximum atomic E-state index is 12.6. The van der Waals surface area contributed by atoms with Crippen molar-refractivity contribution >= 4 is 21.4 Å². The lowest BCUT2D eigenvalue weighted by molar-refractivity contribution is 0.247. The molecule has 24 heavy (non-hydrogen) atoms. The largest absolute Gasteiger partial charge is 0.295 e. The number of aryl methyl sites for hydroxylation is 1. The first-order valence-electron chi connectivity index (χ1n) is 8.45. The van der Waals surface area contributed by atoms with Gasteiger partial charge >= 0.3 is 0 Å². The molecule has 3 rings (SSSR count). The smallest absolute Gasteiger partial charge is 0.240 e. The highest BCUT2D eigenvalue weighted by molar-refractivity contribution is 7.89. The Hall–Kier alpha value is -1.21. The van der Waals surface area contributed by atoms with E-state index < -0.39 is 10.0 Å². The van der Waals surface area contributed by atoms with E-state index in [-0.39, 0.29) is 6.04 Å². The Bertz CT molecular complexity index is 734. The number of rotatable bonds is 7. The summed E-state index contributed by atoms with van der Waals surface area (Å²) < 4.78 is 28.0. The third-order valence-electron chi connectivity index (χ3n) is 4.62. The second-order valence-corrected chi connectivity index (χ2v) is 8.71. The number of nitrogens with one attached hydrogen (secondary N) is 1. The van der Waals surface area contributed by atoms with E-state index >= 15 is 0 Å². The van der Waals surface area contributed by atoms with Gasteiger partial charge in [0.25, 0.3) is 0 Å². The monoisotopic (exact) mass is 364 g/mol. The van der Waals surface area contributed by atoms with E-state index in [1.165, 1.54) is 18.4 Å². The number of likely N-dealkylation sites (tertiary alicyclic amines) is 1. The normalized spacial score (nSPS) is 17.2. The highest BCUT2D eigenvalue weighted by atomic mass is 32.2. The molecule has 2 aromatic rings. The van der Waals surface area contributed by atoms with Crippen LogP contribution in [0.1, 0.15) is 36.9 Å². The molecule has 1 N–H and O–H groups in total. The van der Waals surface area contributed by atoms with Crippen molar-refractivity contribution in [3.8, 4) is 0 Å². The molecule has 0 amide bonds. The summed E-state index contributed by atoms with van der Waals surface area (Å²) in [6, 6.07) is 9.35. The third-order valence-corrected chi connectivity index (χ3v) is 6.76. The summed E-state index contributed by atoms with van der Waals surface area (Å²) in [6.45, 7) is 4.54. The number of hydrogen-bond acceptors (Lipinski definition) is 4. The van der Waals surface area contributed by atoms with Crippen LogP contribution in [0.2, 0.25) is 0 Å². The Morgan fingerprint density at radius 2 is 1.88 bits per heavy atom. The molecule has 6 heteroatoms. The van der Waals surface area contributed by atoms with Crippen LogP contribution in [-0.4, -0.2) is 33.0 Å². The van der Waals surface area contributed by atoms with Gasteiger partial charge in [-0.05, 0) is 72.4 Å². The molecule has 1 aliphatic rings. The lowest BCUT2D eigenvalue weighted by atomic mass is 10.1. The average molecular weight is 365 g/mol. The Kier molecular flexibility index (Phi) is 5.71. The summed E-state index contributed by atoms with van der Waals surface area (Å²) in [4.78, 5) is 2.72. The van der Waals surface area contributed by atoms with Gasteiger partial charge in [-0.3, -0.25) is 4.90 Å². The Balaban J connectivity index is 1.73. The molecule has 0 bridgehead atoms. The van der Waals surface area contributed by atoms with Crippen molar-refractivity contribution in [1.82, 2.24) is 9.62 Å². The summed E-state index contributed by atoms with van der Waals surface area (Å²) in [5, 5.41) is 4.17. The zero-order valence-electron chi connectivity index (χ0n) is 13.9. The molecule has 0 spiro atoms. The minimum absolute atomic E-state index is 0.114. The van der Waals surface area contributed by atoms with E-state index in [1.807, 2.05) is 12.1 Å². The van der Waals surface area contributed by atoms with E-state index in [1.54, 1.807) is 23.5 Å². The number of benzene rings is 1. The Labute approximate surface area is 148 Å². The minimum atomic E-state index is -3.47. The van der Waals surface area contributed by atoms with E-state index in [4.69, 9.17) is 0 Å². The molecule has 1 aromatic heterocycles. The van der Waals surface area contributed by atoms with Gasteiger partial charge < -0.3 is 0 Å². The number of sulfonamides is 1. The number of nitrogens with zero attached hydrogens (tertiary/aromatic N) is 1. The fourth-order valence-electron chi connectivity index (χ4n) is 3.15. The van der Waals surface area contributed by atoms with Crippen LogP contribution < -0.4 is 4.72 Å². The van der Waals surface area contributed by atoms with Gasteiger partial charge in [0.15, 0.2) is 0 Å². The number of hydrogen-bond donors (Lipinski definition) is 1. The highest BCUT2D eigenvalue weighted by Crippen LogP contribution is 2.26. The molecular weight excluding hydrogens is 340 g/mol. The van der Waals surface area contributed by atoms with Crippen LogP contribution in [0.3, 0.4) is 0 Å². The summed E-state index contributed by atoms with van der Waals surface area (Å²) in [6.07, 6.45) is 3.28.